The van der Waals surface area contributed by atoms with Gasteiger partial charge in [-0.05, 0) is 82.6 Å². The molecule has 7 aromatic rings. The van der Waals surface area contributed by atoms with Crippen molar-refractivity contribution in [1.29, 1.82) is 0 Å². The highest BCUT2D eigenvalue weighted by Gasteiger charge is 2.51. The fourth-order valence-corrected chi connectivity index (χ4v) is 8.37. The number of hydrogen-bond acceptors (Lipinski definition) is 1. The number of allylic oxidation sites excluding steroid dienone is 4. The number of hydrogen-bond donors (Lipinski definition) is 0. The zero-order valence-corrected chi connectivity index (χ0v) is 25.8. The fourth-order valence-electron chi connectivity index (χ4n) is 8.37. The van der Waals surface area contributed by atoms with E-state index in [0.717, 1.165) is 23.5 Å². The maximum atomic E-state index is 2.49. The van der Waals surface area contributed by atoms with Crippen LogP contribution in [-0.2, 0) is 12.5 Å². The number of fused-ring (bicyclic) bond motifs is 7. The first-order valence-electron chi connectivity index (χ1n) is 16.2. The molecule has 46 heavy (non-hydrogen) atoms. The van der Waals surface area contributed by atoms with E-state index in [0.29, 0.717) is 0 Å². The minimum absolute atomic E-state index is 0.237. The Bertz CT molecular complexity index is 2250. The first kappa shape index (κ1) is 26.8. The van der Waals surface area contributed by atoms with E-state index in [1.54, 1.807) is 0 Å². The Balaban J connectivity index is 1.41. The summed E-state index contributed by atoms with van der Waals surface area (Å²) in [4.78, 5) is 2.39. The second-order valence-electron chi connectivity index (χ2n) is 12.5. The van der Waals surface area contributed by atoms with Gasteiger partial charge in [0.2, 0.25) is 0 Å². The van der Waals surface area contributed by atoms with Crippen LogP contribution < -0.4 is 4.90 Å². The third-order valence-electron chi connectivity index (χ3n) is 10.2. The topological polar surface area (TPSA) is 8.17 Å². The summed E-state index contributed by atoms with van der Waals surface area (Å²) in [5.41, 5.74) is 12.4. The Morgan fingerprint density at radius 3 is 1.96 bits per heavy atom. The molecule has 2 unspecified atom stereocenters. The van der Waals surface area contributed by atoms with Crippen LogP contribution >= 0.6 is 0 Å². The summed E-state index contributed by atoms with van der Waals surface area (Å²) >= 11 is 0. The number of anilines is 3. The number of nitrogens with zero attached hydrogens (tertiary/aromatic N) is 2. The Hall–Kier alpha value is -5.60. The fraction of sp³-hybridized carbons (Fsp3) is 0.0909. The van der Waals surface area contributed by atoms with Gasteiger partial charge in [-0.25, -0.2) is 0 Å². The van der Waals surface area contributed by atoms with Crippen LogP contribution in [0, 0.1) is 5.92 Å². The Morgan fingerprint density at radius 1 is 0.609 bits per heavy atom. The van der Waals surface area contributed by atoms with Gasteiger partial charge in [-0.1, -0.05) is 127 Å². The number of aromatic nitrogens is 1. The average molecular weight is 591 g/mol. The highest BCUT2D eigenvalue weighted by Crippen LogP contribution is 2.61. The molecule has 0 amide bonds. The van der Waals surface area contributed by atoms with E-state index < -0.39 is 5.41 Å². The van der Waals surface area contributed by atoms with E-state index in [-0.39, 0.29) is 5.92 Å². The lowest BCUT2D eigenvalue weighted by Gasteiger charge is -2.40. The quantitative estimate of drug-likeness (QED) is 0.194. The predicted molar refractivity (Wildman–Crippen MR) is 193 cm³/mol. The molecule has 2 atom stereocenters. The molecular formula is C44H34N2. The van der Waals surface area contributed by atoms with Crippen LogP contribution in [0.5, 0.6) is 0 Å². The molecule has 220 valence electrons. The van der Waals surface area contributed by atoms with Gasteiger partial charge in [-0.3, -0.25) is 0 Å². The Morgan fingerprint density at radius 2 is 1.26 bits per heavy atom. The molecular weight excluding hydrogens is 556 g/mol. The molecule has 1 aromatic heterocycles. The molecule has 0 fully saturated rings. The van der Waals surface area contributed by atoms with Crippen LogP contribution in [-0.4, -0.2) is 4.57 Å². The largest absolute Gasteiger partial charge is 0.343 e. The third kappa shape index (κ3) is 3.77. The van der Waals surface area contributed by atoms with Crippen LogP contribution in [0.1, 0.15) is 23.1 Å². The lowest BCUT2D eigenvalue weighted by molar-refractivity contribution is 0.459. The highest BCUT2D eigenvalue weighted by molar-refractivity contribution is 6.12. The van der Waals surface area contributed by atoms with Gasteiger partial charge < -0.3 is 9.47 Å². The van der Waals surface area contributed by atoms with Crippen molar-refractivity contribution in [3.8, 4) is 11.1 Å². The van der Waals surface area contributed by atoms with Crippen molar-refractivity contribution in [3.05, 3.63) is 187 Å². The van der Waals surface area contributed by atoms with Crippen LogP contribution in [0.25, 0.3) is 32.9 Å². The molecule has 0 saturated heterocycles. The molecule has 0 saturated carbocycles. The molecule has 1 heterocycles. The summed E-state index contributed by atoms with van der Waals surface area (Å²) < 4.78 is 2.44. The molecule has 2 aliphatic carbocycles. The van der Waals surface area contributed by atoms with Gasteiger partial charge in [0.15, 0.2) is 0 Å². The van der Waals surface area contributed by atoms with Crippen molar-refractivity contribution in [1.82, 2.24) is 4.57 Å². The zero-order valence-electron chi connectivity index (χ0n) is 25.8. The molecule has 0 N–H and O–H groups in total. The molecule has 0 spiro atoms. The van der Waals surface area contributed by atoms with Crippen molar-refractivity contribution in [3.63, 3.8) is 0 Å². The van der Waals surface area contributed by atoms with Crippen molar-refractivity contribution in [2.24, 2.45) is 13.0 Å². The van der Waals surface area contributed by atoms with Gasteiger partial charge in [-0.15, -0.1) is 0 Å². The van der Waals surface area contributed by atoms with Crippen molar-refractivity contribution in [2.75, 3.05) is 4.90 Å². The predicted octanol–water partition coefficient (Wildman–Crippen LogP) is 11.2. The number of benzene rings is 6. The highest BCUT2D eigenvalue weighted by atomic mass is 15.1. The molecule has 2 heteroatoms. The van der Waals surface area contributed by atoms with Crippen LogP contribution in [0.3, 0.4) is 0 Å². The first-order valence-corrected chi connectivity index (χ1v) is 16.2. The molecule has 6 aromatic carbocycles. The summed E-state index contributed by atoms with van der Waals surface area (Å²) in [5, 5.41) is 2.62. The molecule has 2 aliphatic rings. The monoisotopic (exact) mass is 590 g/mol. The summed E-state index contributed by atoms with van der Waals surface area (Å²) in [6.45, 7) is 0. The first-order chi connectivity index (χ1) is 22.8. The van der Waals surface area contributed by atoms with Gasteiger partial charge in [0.1, 0.15) is 0 Å². The van der Waals surface area contributed by atoms with E-state index >= 15 is 0 Å². The molecule has 0 radical (unpaired) electrons. The number of para-hydroxylation sites is 3. The third-order valence-corrected chi connectivity index (χ3v) is 10.2. The zero-order chi connectivity index (χ0) is 30.7. The Kier molecular flexibility index (Phi) is 6.11. The normalized spacial score (nSPS) is 18.2. The maximum Gasteiger partial charge on any atom is 0.0550 e. The van der Waals surface area contributed by atoms with Crippen molar-refractivity contribution in [2.45, 2.75) is 11.8 Å². The maximum absolute atomic E-state index is 2.49. The summed E-state index contributed by atoms with van der Waals surface area (Å²) in [5.74, 6) is 0.237. The molecule has 0 aliphatic heterocycles. The summed E-state index contributed by atoms with van der Waals surface area (Å²) in [7, 11) is 2.25. The van der Waals surface area contributed by atoms with E-state index in [1.807, 2.05) is 0 Å². The minimum Gasteiger partial charge on any atom is -0.343 e. The van der Waals surface area contributed by atoms with Crippen LogP contribution in [0.4, 0.5) is 17.1 Å². The standard InChI is InChI=1S/C44H34N2/c1-45-41-25-15-14-24-37(41)39-29-28-38-36-27-26-35(46(33-20-10-4-11-21-33)34-22-12-5-13-23-34)30-40(36)44(42(38)43(39)45,31-16-6-2-7-17-31)32-18-8-3-9-19-32/h2-18,20-30,32H,19H2,1H3. The second kappa shape index (κ2) is 10.5. The lowest BCUT2D eigenvalue weighted by atomic mass is 9.62. The van der Waals surface area contributed by atoms with Gasteiger partial charge in [-0.2, -0.15) is 0 Å². The smallest absolute Gasteiger partial charge is 0.0550 e. The molecule has 2 nitrogen and oxygen atoms in total. The van der Waals surface area contributed by atoms with Gasteiger partial charge in [0.25, 0.3) is 0 Å². The van der Waals surface area contributed by atoms with Crippen LogP contribution in [0.2, 0.25) is 0 Å². The number of rotatable bonds is 5. The van der Waals surface area contributed by atoms with E-state index in [1.165, 1.54) is 49.6 Å². The van der Waals surface area contributed by atoms with Gasteiger partial charge >= 0.3 is 0 Å². The van der Waals surface area contributed by atoms with Crippen molar-refractivity contribution >= 4 is 38.9 Å². The molecule has 0 bridgehead atoms. The number of aryl methyl sites for hydroxylation is 1. The lowest BCUT2D eigenvalue weighted by Crippen LogP contribution is -2.36. The van der Waals surface area contributed by atoms with E-state index in [2.05, 4.69) is 186 Å². The van der Waals surface area contributed by atoms with E-state index in [4.69, 9.17) is 0 Å². The van der Waals surface area contributed by atoms with Crippen LogP contribution in [0.15, 0.2) is 170 Å². The summed E-state index contributed by atoms with van der Waals surface area (Å²) in [6.07, 6.45) is 10.2. The molecule has 9 rings (SSSR count). The van der Waals surface area contributed by atoms with Crippen molar-refractivity contribution < 1.29 is 0 Å². The van der Waals surface area contributed by atoms with Gasteiger partial charge in [0, 0.05) is 40.4 Å². The SMILES string of the molecule is Cn1c2ccccc2c2ccc3c(c21)C(c1ccccc1)(C1C=CC=CC1)c1cc(N(c2ccccc2)c2ccccc2)ccc1-3. The summed E-state index contributed by atoms with van der Waals surface area (Å²) in [6, 6.07) is 53.5. The van der Waals surface area contributed by atoms with E-state index in [9.17, 15) is 0 Å². The Labute approximate surface area is 270 Å². The second-order valence-corrected chi connectivity index (χ2v) is 12.5. The van der Waals surface area contributed by atoms with Gasteiger partial charge in [0.05, 0.1) is 10.9 Å². The average Bonchev–Trinajstić information content (AvgIpc) is 3.59. The minimum atomic E-state index is -0.399.